The van der Waals surface area contributed by atoms with Crippen molar-refractivity contribution in [2.24, 2.45) is 5.10 Å². The zero-order valence-electron chi connectivity index (χ0n) is 18.4. The van der Waals surface area contributed by atoms with Crippen LogP contribution in [-0.2, 0) is 4.79 Å². The van der Waals surface area contributed by atoms with Crippen LogP contribution in [0.3, 0.4) is 0 Å². The quantitative estimate of drug-likeness (QED) is 0.225. The average Bonchev–Trinajstić information content (AvgIpc) is 2.79. The third kappa shape index (κ3) is 6.82. The molecule has 0 heterocycles. The highest BCUT2D eigenvalue weighted by Crippen LogP contribution is 2.28. The van der Waals surface area contributed by atoms with Gasteiger partial charge in [0.05, 0.1) is 18.9 Å². The number of methoxy groups -OCH3 is 1. The molecule has 7 nitrogen and oxygen atoms in total. The smallest absolute Gasteiger partial charge is 0.343 e. The van der Waals surface area contributed by atoms with Crippen molar-refractivity contribution in [1.82, 2.24) is 5.43 Å². The molecule has 0 aliphatic rings. The number of carbonyl (C=O) groups is 2. The van der Waals surface area contributed by atoms with Gasteiger partial charge in [0, 0.05) is 5.02 Å². The van der Waals surface area contributed by atoms with E-state index in [1.54, 1.807) is 48.5 Å². The van der Waals surface area contributed by atoms with Crippen LogP contribution >= 0.6 is 11.6 Å². The molecule has 3 aromatic rings. The van der Waals surface area contributed by atoms with Crippen molar-refractivity contribution < 1.29 is 23.8 Å². The number of nitrogens with zero attached hydrogens (tertiary/aromatic N) is 1. The number of hydrazone groups is 1. The average molecular weight is 467 g/mol. The van der Waals surface area contributed by atoms with Gasteiger partial charge in [0.1, 0.15) is 5.75 Å². The summed E-state index contributed by atoms with van der Waals surface area (Å²) in [6.07, 6.45) is 1.44. The Morgan fingerprint density at radius 1 is 0.970 bits per heavy atom. The van der Waals surface area contributed by atoms with Crippen LogP contribution in [0.25, 0.3) is 0 Å². The second-order valence-corrected chi connectivity index (χ2v) is 7.59. The van der Waals surface area contributed by atoms with Crippen LogP contribution in [0, 0.1) is 13.8 Å². The van der Waals surface area contributed by atoms with Gasteiger partial charge in [0.2, 0.25) is 0 Å². The van der Waals surface area contributed by atoms with E-state index in [4.69, 9.17) is 25.8 Å². The largest absolute Gasteiger partial charge is 0.493 e. The summed E-state index contributed by atoms with van der Waals surface area (Å²) >= 11 is 5.91. The Morgan fingerprint density at radius 3 is 2.39 bits per heavy atom. The Labute approximate surface area is 196 Å². The molecule has 170 valence electrons. The van der Waals surface area contributed by atoms with Gasteiger partial charge in [0.25, 0.3) is 5.91 Å². The van der Waals surface area contributed by atoms with Crippen molar-refractivity contribution in [3.63, 3.8) is 0 Å². The second-order valence-electron chi connectivity index (χ2n) is 7.16. The molecule has 3 aromatic carbocycles. The lowest BCUT2D eigenvalue weighted by Crippen LogP contribution is -2.24. The van der Waals surface area contributed by atoms with E-state index >= 15 is 0 Å². The Kier molecular flexibility index (Phi) is 8.05. The highest BCUT2D eigenvalue weighted by atomic mass is 35.5. The minimum absolute atomic E-state index is 0.197. The number of rotatable bonds is 8. The molecule has 0 unspecified atom stereocenters. The summed E-state index contributed by atoms with van der Waals surface area (Å²) in [7, 11) is 1.47. The molecule has 8 heteroatoms. The summed E-state index contributed by atoms with van der Waals surface area (Å²) in [6.45, 7) is 3.58. The Hall–Kier alpha value is -3.84. The van der Waals surface area contributed by atoms with Gasteiger partial charge in [-0.3, -0.25) is 4.79 Å². The normalized spacial score (nSPS) is 10.7. The Morgan fingerprint density at radius 2 is 1.70 bits per heavy atom. The van der Waals surface area contributed by atoms with E-state index in [9.17, 15) is 9.59 Å². The van der Waals surface area contributed by atoms with Gasteiger partial charge in [-0.25, -0.2) is 10.2 Å². The molecule has 0 saturated heterocycles. The molecule has 0 bridgehead atoms. The highest BCUT2D eigenvalue weighted by Gasteiger charge is 2.13. The number of amides is 1. The number of hydrogen-bond acceptors (Lipinski definition) is 6. The molecular weight excluding hydrogens is 444 g/mol. The van der Waals surface area contributed by atoms with Crippen LogP contribution < -0.4 is 19.6 Å². The summed E-state index contributed by atoms with van der Waals surface area (Å²) in [5.74, 6) is 0.288. The first-order valence-electron chi connectivity index (χ1n) is 10.0. The Bertz CT molecular complexity index is 1180. The summed E-state index contributed by atoms with van der Waals surface area (Å²) in [5.41, 5.74) is 5.34. The van der Waals surface area contributed by atoms with Gasteiger partial charge < -0.3 is 14.2 Å². The molecule has 0 aliphatic heterocycles. The number of hydrogen-bond donors (Lipinski definition) is 1. The summed E-state index contributed by atoms with van der Waals surface area (Å²) in [4.78, 5) is 24.3. The number of ether oxygens (including phenoxy) is 3. The van der Waals surface area contributed by atoms with E-state index in [1.165, 1.54) is 13.3 Å². The fourth-order valence-corrected chi connectivity index (χ4v) is 3.05. The second kappa shape index (κ2) is 11.2. The van der Waals surface area contributed by atoms with E-state index < -0.39 is 11.9 Å². The SMILES string of the molecule is COc1cc(C=NNC(=O)COc2ccc(Cl)cc2C)ccc1OC(=O)c1ccc(C)cc1. The molecule has 0 radical (unpaired) electrons. The van der Waals surface area contributed by atoms with Gasteiger partial charge >= 0.3 is 5.97 Å². The fraction of sp³-hybridized carbons (Fsp3) is 0.160. The zero-order chi connectivity index (χ0) is 23.8. The molecule has 0 fully saturated rings. The predicted octanol–water partition coefficient (Wildman–Crippen LogP) is 4.71. The van der Waals surface area contributed by atoms with E-state index in [0.29, 0.717) is 27.6 Å². The van der Waals surface area contributed by atoms with Gasteiger partial charge in [-0.05, 0) is 73.5 Å². The van der Waals surface area contributed by atoms with Crippen molar-refractivity contribution >= 4 is 29.7 Å². The minimum Gasteiger partial charge on any atom is -0.493 e. The predicted molar refractivity (Wildman–Crippen MR) is 127 cm³/mol. The van der Waals surface area contributed by atoms with Crippen molar-refractivity contribution in [1.29, 1.82) is 0 Å². The standard InChI is InChI=1S/C25H23ClN2O5/c1-16-4-7-19(8-5-16)25(30)33-22-10-6-18(13-23(22)31-3)14-27-28-24(29)15-32-21-11-9-20(26)12-17(21)2/h4-14H,15H2,1-3H3,(H,28,29). The number of aryl methyl sites for hydroxylation is 2. The first-order chi connectivity index (χ1) is 15.9. The van der Waals surface area contributed by atoms with Crippen molar-refractivity contribution in [2.45, 2.75) is 13.8 Å². The molecule has 0 saturated carbocycles. The first kappa shape index (κ1) is 23.8. The number of esters is 1. The van der Waals surface area contributed by atoms with Crippen LogP contribution in [0.1, 0.15) is 27.0 Å². The number of benzene rings is 3. The third-order valence-electron chi connectivity index (χ3n) is 4.58. The molecule has 0 spiro atoms. The maximum absolute atomic E-state index is 12.4. The van der Waals surface area contributed by atoms with E-state index in [0.717, 1.165) is 11.1 Å². The molecule has 3 rings (SSSR count). The molecule has 1 N–H and O–H groups in total. The lowest BCUT2D eigenvalue weighted by atomic mass is 10.1. The van der Waals surface area contributed by atoms with Crippen LogP contribution in [0.2, 0.25) is 5.02 Å². The van der Waals surface area contributed by atoms with Crippen LogP contribution in [0.15, 0.2) is 65.8 Å². The Balaban J connectivity index is 1.56. The number of nitrogens with one attached hydrogen (secondary N) is 1. The number of carbonyl (C=O) groups excluding carboxylic acids is 2. The lowest BCUT2D eigenvalue weighted by Gasteiger charge is -2.10. The molecule has 33 heavy (non-hydrogen) atoms. The summed E-state index contributed by atoms with van der Waals surface area (Å²) in [5, 5.41) is 4.52. The maximum atomic E-state index is 12.4. The van der Waals surface area contributed by atoms with E-state index in [1.807, 2.05) is 26.0 Å². The highest BCUT2D eigenvalue weighted by molar-refractivity contribution is 6.30. The van der Waals surface area contributed by atoms with Crippen LogP contribution in [-0.4, -0.2) is 31.8 Å². The zero-order valence-corrected chi connectivity index (χ0v) is 19.2. The molecular formula is C25H23ClN2O5. The minimum atomic E-state index is -0.488. The van der Waals surface area contributed by atoms with E-state index in [2.05, 4.69) is 10.5 Å². The summed E-state index contributed by atoms with van der Waals surface area (Å²) in [6, 6.07) is 17.1. The van der Waals surface area contributed by atoms with Crippen LogP contribution in [0.5, 0.6) is 17.2 Å². The van der Waals surface area contributed by atoms with Crippen molar-refractivity contribution in [2.75, 3.05) is 13.7 Å². The fourth-order valence-electron chi connectivity index (χ4n) is 2.83. The first-order valence-corrected chi connectivity index (χ1v) is 10.4. The molecule has 0 aromatic heterocycles. The molecule has 1 amide bonds. The van der Waals surface area contributed by atoms with Crippen molar-refractivity contribution in [3.05, 3.63) is 87.9 Å². The van der Waals surface area contributed by atoms with Gasteiger partial charge in [-0.1, -0.05) is 29.3 Å². The molecule has 0 atom stereocenters. The topological polar surface area (TPSA) is 86.2 Å². The lowest BCUT2D eigenvalue weighted by molar-refractivity contribution is -0.123. The van der Waals surface area contributed by atoms with Gasteiger partial charge in [-0.2, -0.15) is 5.10 Å². The molecule has 0 aliphatic carbocycles. The van der Waals surface area contributed by atoms with Gasteiger partial charge in [-0.15, -0.1) is 0 Å². The third-order valence-corrected chi connectivity index (χ3v) is 4.81. The number of halogens is 1. The van der Waals surface area contributed by atoms with Gasteiger partial charge in [0.15, 0.2) is 18.1 Å². The monoisotopic (exact) mass is 466 g/mol. The summed E-state index contributed by atoms with van der Waals surface area (Å²) < 4.78 is 16.2. The maximum Gasteiger partial charge on any atom is 0.343 e. The van der Waals surface area contributed by atoms with Crippen molar-refractivity contribution in [3.8, 4) is 17.2 Å². The van der Waals surface area contributed by atoms with E-state index in [-0.39, 0.29) is 12.4 Å². The van der Waals surface area contributed by atoms with Crippen LogP contribution in [0.4, 0.5) is 0 Å².